The van der Waals surface area contributed by atoms with Gasteiger partial charge in [-0.05, 0) is 38.5 Å². The number of carbonyl (C=O) groups is 1. The highest BCUT2D eigenvalue weighted by Crippen LogP contribution is 2.20. The van der Waals surface area contributed by atoms with Crippen LogP contribution in [0.15, 0.2) is 30.6 Å². The van der Waals surface area contributed by atoms with Gasteiger partial charge in [-0.2, -0.15) is 0 Å². The predicted molar refractivity (Wildman–Crippen MR) is 73.6 cm³/mol. The Kier molecular flexibility index (Phi) is 4.00. The number of aromatic nitrogens is 2. The Morgan fingerprint density at radius 1 is 1.37 bits per heavy atom. The predicted octanol–water partition coefficient (Wildman–Crippen LogP) is 2.78. The van der Waals surface area contributed by atoms with Crippen molar-refractivity contribution < 1.29 is 9.53 Å². The highest BCUT2D eigenvalue weighted by atomic mass is 16.5. The molecular weight excluding hydrogens is 240 g/mol. The van der Waals surface area contributed by atoms with Crippen LogP contribution in [0.4, 0.5) is 0 Å². The van der Waals surface area contributed by atoms with Crippen LogP contribution in [0, 0.1) is 13.8 Å². The minimum atomic E-state index is 0.0220. The van der Waals surface area contributed by atoms with E-state index in [2.05, 4.69) is 4.98 Å². The Bertz CT molecular complexity index is 588. The number of nitrogens with zero attached hydrogens (tertiary/aromatic N) is 2. The van der Waals surface area contributed by atoms with Crippen LogP contribution in [0.5, 0.6) is 5.75 Å². The van der Waals surface area contributed by atoms with Crippen molar-refractivity contribution in [3.05, 3.63) is 47.5 Å². The molecular formula is C15H18N2O2. The van der Waals surface area contributed by atoms with Gasteiger partial charge in [-0.15, -0.1) is 0 Å². The molecule has 0 aliphatic carbocycles. The minimum Gasteiger partial charge on any atom is -0.491 e. The number of hydrogen-bond donors (Lipinski definition) is 0. The molecule has 0 N–H and O–H groups in total. The van der Waals surface area contributed by atoms with Gasteiger partial charge in [0.25, 0.3) is 0 Å². The lowest BCUT2D eigenvalue weighted by molar-refractivity contribution is 0.101. The zero-order valence-electron chi connectivity index (χ0n) is 11.5. The van der Waals surface area contributed by atoms with Crippen molar-refractivity contribution in [2.45, 2.75) is 27.3 Å². The van der Waals surface area contributed by atoms with Crippen LogP contribution in [0.1, 0.15) is 28.7 Å². The Morgan fingerprint density at radius 2 is 2.16 bits per heavy atom. The summed E-state index contributed by atoms with van der Waals surface area (Å²) in [6.07, 6.45) is 3.68. The summed E-state index contributed by atoms with van der Waals surface area (Å²) in [6, 6.07) is 5.64. The van der Waals surface area contributed by atoms with Gasteiger partial charge in [-0.1, -0.05) is 6.07 Å². The molecule has 1 aromatic heterocycles. The summed E-state index contributed by atoms with van der Waals surface area (Å²) >= 11 is 0. The summed E-state index contributed by atoms with van der Waals surface area (Å²) in [6.45, 7) is 6.72. The summed E-state index contributed by atoms with van der Waals surface area (Å²) in [7, 11) is 0. The standard InChI is InChI=1S/C15H18N2O2/c1-11-4-5-14(12(2)18)15(10-11)19-9-8-17-7-6-16-13(17)3/h4-7,10H,8-9H2,1-3H3. The van der Waals surface area contributed by atoms with Crippen molar-refractivity contribution in [3.8, 4) is 5.75 Å². The Labute approximate surface area is 113 Å². The van der Waals surface area contributed by atoms with Gasteiger partial charge in [0.2, 0.25) is 0 Å². The number of imidazole rings is 1. The molecule has 2 aromatic rings. The molecule has 1 heterocycles. The van der Waals surface area contributed by atoms with Crippen molar-refractivity contribution >= 4 is 5.78 Å². The Balaban J connectivity index is 2.05. The zero-order valence-corrected chi connectivity index (χ0v) is 11.5. The van der Waals surface area contributed by atoms with Crippen molar-refractivity contribution in [2.75, 3.05) is 6.61 Å². The molecule has 100 valence electrons. The molecule has 1 aromatic carbocycles. The number of Topliss-reactive ketones (excluding diaryl/α,β-unsaturated/α-hetero) is 1. The third kappa shape index (κ3) is 3.22. The second-order valence-electron chi connectivity index (χ2n) is 4.57. The van der Waals surface area contributed by atoms with Crippen LogP contribution < -0.4 is 4.74 Å². The molecule has 0 fully saturated rings. The van der Waals surface area contributed by atoms with E-state index in [-0.39, 0.29) is 5.78 Å². The summed E-state index contributed by atoms with van der Waals surface area (Å²) in [5, 5.41) is 0. The first kappa shape index (κ1) is 13.3. The van der Waals surface area contributed by atoms with Crippen LogP contribution in [0.3, 0.4) is 0 Å². The second kappa shape index (κ2) is 5.69. The van der Waals surface area contributed by atoms with E-state index in [0.29, 0.717) is 17.9 Å². The van der Waals surface area contributed by atoms with Gasteiger partial charge in [0.05, 0.1) is 12.1 Å². The maximum absolute atomic E-state index is 11.5. The van der Waals surface area contributed by atoms with E-state index in [4.69, 9.17) is 4.74 Å². The van der Waals surface area contributed by atoms with Crippen molar-refractivity contribution in [3.63, 3.8) is 0 Å². The first-order valence-corrected chi connectivity index (χ1v) is 6.30. The molecule has 0 unspecified atom stereocenters. The van der Waals surface area contributed by atoms with E-state index in [0.717, 1.165) is 17.9 Å². The molecule has 0 amide bonds. The van der Waals surface area contributed by atoms with Crippen LogP contribution in [0.2, 0.25) is 0 Å². The van der Waals surface area contributed by atoms with E-state index < -0.39 is 0 Å². The van der Waals surface area contributed by atoms with Gasteiger partial charge >= 0.3 is 0 Å². The Morgan fingerprint density at radius 3 is 2.79 bits per heavy atom. The van der Waals surface area contributed by atoms with E-state index in [9.17, 15) is 4.79 Å². The van der Waals surface area contributed by atoms with Gasteiger partial charge in [0.1, 0.15) is 18.2 Å². The average molecular weight is 258 g/mol. The van der Waals surface area contributed by atoms with Crippen molar-refractivity contribution in [2.24, 2.45) is 0 Å². The van der Waals surface area contributed by atoms with Crippen LogP contribution in [-0.4, -0.2) is 21.9 Å². The molecule has 2 rings (SSSR count). The number of aryl methyl sites for hydroxylation is 2. The summed E-state index contributed by atoms with van der Waals surface area (Å²) in [4.78, 5) is 15.7. The SMILES string of the molecule is CC(=O)c1ccc(C)cc1OCCn1ccnc1C. The number of carbonyl (C=O) groups excluding carboxylic acids is 1. The molecule has 0 aliphatic heterocycles. The third-order valence-electron chi connectivity index (χ3n) is 3.03. The lowest BCUT2D eigenvalue weighted by atomic mass is 10.1. The fourth-order valence-corrected chi connectivity index (χ4v) is 1.93. The maximum atomic E-state index is 11.5. The molecule has 19 heavy (non-hydrogen) atoms. The van der Waals surface area contributed by atoms with Crippen LogP contribution in [-0.2, 0) is 6.54 Å². The largest absolute Gasteiger partial charge is 0.491 e. The maximum Gasteiger partial charge on any atom is 0.163 e. The number of ether oxygens (including phenoxy) is 1. The van der Waals surface area contributed by atoms with Gasteiger partial charge in [-0.25, -0.2) is 4.98 Å². The molecule has 0 aliphatic rings. The number of benzene rings is 1. The van der Waals surface area contributed by atoms with E-state index >= 15 is 0 Å². The first-order valence-electron chi connectivity index (χ1n) is 6.30. The fourth-order valence-electron chi connectivity index (χ4n) is 1.93. The van der Waals surface area contributed by atoms with Crippen molar-refractivity contribution in [1.82, 2.24) is 9.55 Å². The topological polar surface area (TPSA) is 44.1 Å². The van der Waals surface area contributed by atoms with Crippen LogP contribution >= 0.6 is 0 Å². The molecule has 0 radical (unpaired) electrons. The summed E-state index contributed by atoms with van der Waals surface area (Å²) in [5.74, 6) is 1.64. The summed E-state index contributed by atoms with van der Waals surface area (Å²) in [5.41, 5.74) is 1.71. The quantitative estimate of drug-likeness (QED) is 0.775. The zero-order chi connectivity index (χ0) is 13.8. The smallest absolute Gasteiger partial charge is 0.163 e. The number of hydrogen-bond acceptors (Lipinski definition) is 3. The molecule has 0 saturated heterocycles. The highest BCUT2D eigenvalue weighted by molar-refractivity contribution is 5.96. The molecule has 4 heteroatoms. The lowest BCUT2D eigenvalue weighted by Crippen LogP contribution is -2.10. The molecule has 0 atom stereocenters. The summed E-state index contributed by atoms with van der Waals surface area (Å²) < 4.78 is 7.76. The van der Waals surface area contributed by atoms with E-state index in [1.54, 1.807) is 13.1 Å². The molecule has 0 bridgehead atoms. The van der Waals surface area contributed by atoms with Gasteiger partial charge in [0, 0.05) is 12.4 Å². The fraction of sp³-hybridized carbons (Fsp3) is 0.333. The van der Waals surface area contributed by atoms with Gasteiger partial charge in [-0.3, -0.25) is 4.79 Å². The lowest BCUT2D eigenvalue weighted by Gasteiger charge is -2.11. The van der Waals surface area contributed by atoms with Crippen LogP contribution in [0.25, 0.3) is 0 Å². The first-order chi connectivity index (χ1) is 9.08. The second-order valence-corrected chi connectivity index (χ2v) is 4.57. The van der Waals surface area contributed by atoms with Gasteiger partial charge in [0.15, 0.2) is 5.78 Å². The molecule has 0 saturated carbocycles. The number of rotatable bonds is 5. The monoisotopic (exact) mass is 258 g/mol. The Hall–Kier alpha value is -2.10. The molecule has 0 spiro atoms. The molecule has 4 nitrogen and oxygen atoms in total. The number of ketones is 1. The van der Waals surface area contributed by atoms with E-state index in [1.165, 1.54) is 0 Å². The van der Waals surface area contributed by atoms with Crippen molar-refractivity contribution in [1.29, 1.82) is 0 Å². The highest BCUT2D eigenvalue weighted by Gasteiger charge is 2.08. The van der Waals surface area contributed by atoms with Gasteiger partial charge < -0.3 is 9.30 Å². The third-order valence-corrected chi connectivity index (χ3v) is 3.03. The average Bonchev–Trinajstić information content (AvgIpc) is 2.75. The minimum absolute atomic E-state index is 0.0220. The van der Waals surface area contributed by atoms with E-state index in [1.807, 2.05) is 42.8 Å². The normalized spacial score (nSPS) is 10.5.